The molecule has 1 saturated heterocycles. The van der Waals surface area contributed by atoms with Gasteiger partial charge in [-0.2, -0.15) is 0 Å². The fourth-order valence-electron chi connectivity index (χ4n) is 4.75. The molecule has 2 aliphatic heterocycles. The Hall–Kier alpha value is -3.08. The minimum absolute atomic E-state index is 0.0284. The molecule has 3 aliphatic rings. The number of nitrogens with one attached hydrogen (secondary N) is 1. The van der Waals surface area contributed by atoms with Crippen molar-refractivity contribution < 1.29 is 9.59 Å². The molecule has 0 unspecified atom stereocenters. The first-order valence-electron chi connectivity index (χ1n) is 9.54. The number of carbonyl (C=O) groups is 2. The Balaban J connectivity index is 1.58. The highest BCUT2D eigenvalue weighted by Crippen LogP contribution is 2.45. The largest absolute Gasteiger partial charge is 0.356 e. The van der Waals surface area contributed by atoms with Gasteiger partial charge in [0.1, 0.15) is 12.1 Å². The summed E-state index contributed by atoms with van der Waals surface area (Å²) in [6, 6.07) is 17.5. The molecule has 2 aromatic carbocycles. The topological polar surface area (TPSA) is 56.4 Å². The van der Waals surface area contributed by atoms with E-state index in [1.165, 1.54) is 10.5 Å². The van der Waals surface area contributed by atoms with Gasteiger partial charge >= 0.3 is 6.03 Å². The predicted molar refractivity (Wildman–Crippen MR) is 101 cm³/mol. The summed E-state index contributed by atoms with van der Waals surface area (Å²) in [6.45, 7) is 0. The van der Waals surface area contributed by atoms with Crippen molar-refractivity contribution in [2.45, 2.75) is 37.4 Å². The van der Waals surface area contributed by atoms with Gasteiger partial charge in [-0.1, -0.05) is 48.5 Å². The molecule has 5 nitrogen and oxygen atoms in total. The molecule has 134 valence electrons. The zero-order valence-corrected chi connectivity index (χ0v) is 14.8. The summed E-state index contributed by atoms with van der Waals surface area (Å²) in [6.07, 6.45) is 2.45. The van der Waals surface area contributed by atoms with Crippen LogP contribution in [-0.2, 0) is 11.2 Å². The zero-order valence-electron chi connectivity index (χ0n) is 14.8. The normalized spacial score (nSPS) is 24.4. The van der Waals surface area contributed by atoms with E-state index in [4.69, 9.17) is 0 Å². The summed E-state index contributed by atoms with van der Waals surface area (Å²) in [7, 11) is 0. The number of amides is 3. The van der Waals surface area contributed by atoms with Crippen molar-refractivity contribution in [1.29, 1.82) is 0 Å². The van der Waals surface area contributed by atoms with Crippen LogP contribution >= 0.6 is 0 Å². The van der Waals surface area contributed by atoms with Crippen molar-refractivity contribution in [3.05, 3.63) is 71.4 Å². The van der Waals surface area contributed by atoms with Crippen LogP contribution in [0.15, 0.2) is 54.6 Å². The van der Waals surface area contributed by atoms with Crippen molar-refractivity contribution in [3.8, 4) is 0 Å². The van der Waals surface area contributed by atoms with Gasteiger partial charge in [0.15, 0.2) is 0 Å². The molecular weight excluding hydrogens is 338 g/mol. The Morgan fingerprint density at radius 3 is 2.44 bits per heavy atom. The maximum Gasteiger partial charge on any atom is 0.328 e. The van der Waals surface area contributed by atoms with E-state index in [1.807, 2.05) is 47.4 Å². The molecule has 1 aromatic heterocycles. The number of imide groups is 1. The van der Waals surface area contributed by atoms with E-state index in [1.54, 1.807) is 0 Å². The highest BCUT2D eigenvalue weighted by Gasteiger charge is 2.55. The lowest BCUT2D eigenvalue weighted by Gasteiger charge is -2.36. The van der Waals surface area contributed by atoms with Gasteiger partial charge in [0.05, 0.1) is 0 Å². The molecule has 1 aliphatic carbocycles. The molecule has 0 spiro atoms. The second kappa shape index (κ2) is 5.22. The number of hydrogen-bond acceptors (Lipinski definition) is 2. The maximum atomic E-state index is 13.3. The van der Waals surface area contributed by atoms with E-state index in [-0.39, 0.29) is 24.0 Å². The number of rotatable bonds is 2. The van der Waals surface area contributed by atoms with Crippen LogP contribution in [0.25, 0.3) is 10.9 Å². The average Bonchev–Trinajstić information content (AvgIpc) is 3.41. The summed E-state index contributed by atoms with van der Waals surface area (Å²) in [5.41, 5.74) is 4.30. The molecule has 5 heteroatoms. The first kappa shape index (κ1) is 15.0. The number of urea groups is 1. The standard InChI is InChI=1S/C22H19N3O2/c26-21-18-12-16-15-8-4-5-9-17(15)23-19(16)20(13-6-2-1-3-7-13)25(18)22(27)24(21)14-10-11-14/h1-9,14,18,20,23H,10-12H2/t18-,20+/m1/s1. The van der Waals surface area contributed by atoms with Crippen LogP contribution in [0.2, 0.25) is 0 Å². The SMILES string of the molecule is O=C1[C@H]2Cc3c([nH]c4ccccc34)[C@H](c3ccccc3)N2C(=O)N1C1CC1. The number of carbonyl (C=O) groups excluding carboxylic acids is 2. The van der Waals surface area contributed by atoms with Crippen molar-refractivity contribution in [2.24, 2.45) is 0 Å². The number of fused-ring (bicyclic) bond motifs is 4. The molecule has 3 amide bonds. The number of benzene rings is 2. The van der Waals surface area contributed by atoms with Crippen molar-refractivity contribution in [1.82, 2.24) is 14.8 Å². The predicted octanol–water partition coefficient (Wildman–Crippen LogP) is 3.61. The van der Waals surface area contributed by atoms with Gasteiger partial charge in [-0.05, 0) is 30.0 Å². The van der Waals surface area contributed by atoms with Gasteiger partial charge in [0.25, 0.3) is 5.91 Å². The molecular formula is C22H19N3O2. The van der Waals surface area contributed by atoms with Crippen molar-refractivity contribution in [3.63, 3.8) is 0 Å². The average molecular weight is 357 g/mol. The van der Waals surface area contributed by atoms with E-state index < -0.39 is 6.04 Å². The lowest BCUT2D eigenvalue weighted by atomic mass is 9.89. The molecule has 2 fully saturated rings. The molecule has 1 saturated carbocycles. The zero-order chi connectivity index (χ0) is 18.1. The third kappa shape index (κ3) is 1.99. The molecule has 27 heavy (non-hydrogen) atoms. The van der Waals surface area contributed by atoms with Crippen molar-refractivity contribution in [2.75, 3.05) is 0 Å². The van der Waals surface area contributed by atoms with E-state index in [2.05, 4.69) is 17.1 Å². The Labute approximate surface area is 156 Å². The molecule has 6 rings (SSSR count). The van der Waals surface area contributed by atoms with Crippen LogP contribution in [0.4, 0.5) is 4.79 Å². The molecule has 2 atom stereocenters. The second-order valence-electron chi connectivity index (χ2n) is 7.73. The van der Waals surface area contributed by atoms with E-state index in [0.717, 1.165) is 35.0 Å². The minimum atomic E-state index is -0.407. The van der Waals surface area contributed by atoms with E-state index >= 15 is 0 Å². The highest BCUT2D eigenvalue weighted by atomic mass is 16.2. The summed E-state index contributed by atoms with van der Waals surface area (Å²) >= 11 is 0. The third-order valence-electron chi connectivity index (χ3n) is 6.11. The van der Waals surface area contributed by atoms with Crippen LogP contribution < -0.4 is 0 Å². The Morgan fingerprint density at radius 2 is 1.67 bits per heavy atom. The second-order valence-corrected chi connectivity index (χ2v) is 7.73. The van der Waals surface area contributed by atoms with Gasteiger partial charge in [-0.3, -0.25) is 14.6 Å². The van der Waals surface area contributed by atoms with E-state index in [0.29, 0.717) is 6.42 Å². The summed E-state index contributed by atoms with van der Waals surface area (Å²) in [4.78, 5) is 33.3. The molecule has 3 heterocycles. The summed E-state index contributed by atoms with van der Waals surface area (Å²) < 4.78 is 0. The number of H-pyrrole nitrogens is 1. The maximum absolute atomic E-state index is 13.3. The van der Waals surface area contributed by atoms with Gasteiger partial charge in [-0.25, -0.2) is 4.79 Å². The van der Waals surface area contributed by atoms with Gasteiger partial charge < -0.3 is 4.98 Å². The van der Waals surface area contributed by atoms with Crippen molar-refractivity contribution >= 4 is 22.8 Å². The Morgan fingerprint density at radius 1 is 0.926 bits per heavy atom. The first-order valence-corrected chi connectivity index (χ1v) is 9.54. The molecule has 0 bridgehead atoms. The highest BCUT2D eigenvalue weighted by molar-refractivity contribution is 6.06. The molecule has 0 radical (unpaired) electrons. The monoisotopic (exact) mass is 357 g/mol. The van der Waals surface area contributed by atoms with Crippen LogP contribution in [0.1, 0.15) is 35.7 Å². The summed E-state index contributed by atoms with van der Waals surface area (Å²) in [5.74, 6) is -0.0284. The molecule has 1 N–H and O–H groups in total. The van der Waals surface area contributed by atoms with Crippen LogP contribution in [0.5, 0.6) is 0 Å². The third-order valence-corrected chi connectivity index (χ3v) is 6.11. The minimum Gasteiger partial charge on any atom is -0.356 e. The quantitative estimate of drug-likeness (QED) is 0.713. The smallest absolute Gasteiger partial charge is 0.328 e. The fraction of sp³-hybridized carbons (Fsp3) is 0.273. The Bertz CT molecular complexity index is 1080. The number of nitrogens with zero attached hydrogens (tertiary/aromatic N) is 2. The van der Waals surface area contributed by atoms with Gasteiger partial charge in [0.2, 0.25) is 0 Å². The summed E-state index contributed by atoms with van der Waals surface area (Å²) in [5, 5.41) is 1.15. The van der Waals surface area contributed by atoms with Gasteiger partial charge in [-0.15, -0.1) is 0 Å². The lowest BCUT2D eigenvalue weighted by molar-refractivity contribution is -0.129. The molecule has 3 aromatic rings. The van der Waals surface area contributed by atoms with E-state index in [9.17, 15) is 9.59 Å². The van der Waals surface area contributed by atoms with Crippen LogP contribution in [-0.4, -0.2) is 38.8 Å². The number of hydrogen-bond donors (Lipinski definition) is 1. The van der Waals surface area contributed by atoms with Gasteiger partial charge in [0, 0.05) is 29.1 Å². The number of aromatic nitrogens is 1. The first-order chi connectivity index (χ1) is 13.2. The Kier molecular flexibility index (Phi) is 2.91. The fourth-order valence-corrected chi connectivity index (χ4v) is 4.75. The lowest BCUT2D eigenvalue weighted by Crippen LogP contribution is -2.44. The van der Waals surface area contributed by atoms with Crippen LogP contribution in [0.3, 0.4) is 0 Å². The number of aromatic amines is 1. The van der Waals surface area contributed by atoms with Crippen LogP contribution in [0, 0.1) is 0 Å². The number of para-hydroxylation sites is 1.